The summed E-state index contributed by atoms with van der Waals surface area (Å²) in [6, 6.07) is 5.06. The van der Waals surface area contributed by atoms with Gasteiger partial charge in [0.1, 0.15) is 5.82 Å². The van der Waals surface area contributed by atoms with E-state index in [0.717, 1.165) is 31.6 Å². The second kappa shape index (κ2) is 5.47. The Bertz CT molecular complexity index is 478. The predicted molar refractivity (Wildman–Crippen MR) is 74.5 cm³/mol. The molecular weight excluding hydrogens is 245 g/mol. The summed E-state index contributed by atoms with van der Waals surface area (Å²) in [5.41, 5.74) is 6.48. The molecule has 0 aliphatic carbocycles. The third kappa shape index (κ3) is 2.97. The topological polar surface area (TPSA) is 49.6 Å². The van der Waals surface area contributed by atoms with Crippen molar-refractivity contribution in [3.05, 3.63) is 24.0 Å². The first kappa shape index (κ1) is 13.6. The molecule has 1 amide bonds. The van der Waals surface area contributed by atoms with Gasteiger partial charge in [0.25, 0.3) is 0 Å². The molecule has 2 rings (SSSR count). The van der Waals surface area contributed by atoms with Crippen LogP contribution in [0.25, 0.3) is 0 Å². The number of anilines is 2. The minimum Gasteiger partial charge on any atom is -0.396 e. The first-order chi connectivity index (χ1) is 8.99. The number of hydrogen-bond acceptors (Lipinski definition) is 3. The number of carbonyl (C=O) groups excluding carboxylic acids is 1. The molecule has 2 N–H and O–H groups in total. The lowest BCUT2D eigenvalue weighted by Gasteiger charge is -2.38. The fourth-order valence-electron chi connectivity index (χ4n) is 2.48. The second-order valence-electron chi connectivity index (χ2n) is 5.08. The van der Waals surface area contributed by atoms with Gasteiger partial charge in [-0.05, 0) is 31.0 Å². The van der Waals surface area contributed by atoms with Crippen LogP contribution in [0.1, 0.15) is 19.8 Å². The van der Waals surface area contributed by atoms with Crippen LogP contribution in [0, 0.1) is 5.82 Å². The smallest absolute Gasteiger partial charge is 0.219 e. The third-order valence-corrected chi connectivity index (χ3v) is 3.79. The van der Waals surface area contributed by atoms with Gasteiger partial charge in [-0.1, -0.05) is 0 Å². The number of halogens is 1. The highest BCUT2D eigenvalue weighted by atomic mass is 19.1. The SMILES string of the molecule is CC(=O)N(C)C1CCCN(c2ccc(N)c(F)c2)C1. The van der Waals surface area contributed by atoms with E-state index in [-0.39, 0.29) is 23.5 Å². The number of amides is 1. The van der Waals surface area contributed by atoms with Crippen LogP contribution >= 0.6 is 0 Å². The van der Waals surface area contributed by atoms with Gasteiger partial charge in [-0.25, -0.2) is 4.39 Å². The molecule has 0 saturated carbocycles. The van der Waals surface area contributed by atoms with Crippen LogP contribution in [0.2, 0.25) is 0 Å². The summed E-state index contributed by atoms with van der Waals surface area (Å²) in [4.78, 5) is 15.3. The summed E-state index contributed by atoms with van der Waals surface area (Å²) in [6.45, 7) is 3.19. The van der Waals surface area contributed by atoms with E-state index in [0.29, 0.717) is 0 Å². The van der Waals surface area contributed by atoms with Crippen molar-refractivity contribution >= 4 is 17.3 Å². The Labute approximate surface area is 113 Å². The van der Waals surface area contributed by atoms with Crippen LogP contribution in [0.5, 0.6) is 0 Å². The number of hydrogen-bond donors (Lipinski definition) is 1. The van der Waals surface area contributed by atoms with Gasteiger partial charge in [0.05, 0.1) is 5.69 Å². The van der Waals surface area contributed by atoms with Crippen LogP contribution in [-0.4, -0.2) is 37.0 Å². The molecule has 0 spiro atoms. The summed E-state index contributed by atoms with van der Waals surface area (Å²) in [5, 5.41) is 0. The maximum absolute atomic E-state index is 13.5. The van der Waals surface area contributed by atoms with Crippen LogP contribution in [-0.2, 0) is 4.79 Å². The average molecular weight is 265 g/mol. The molecule has 1 aliphatic rings. The van der Waals surface area contributed by atoms with Crippen LogP contribution in [0.15, 0.2) is 18.2 Å². The number of benzene rings is 1. The molecule has 1 unspecified atom stereocenters. The van der Waals surface area contributed by atoms with E-state index >= 15 is 0 Å². The molecule has 104 valence electrons. The molecular formula is C14H20FN3O. The number of carbonyl (C=O) groups is 1. The van der Waals surface area contributed by atoms with Crippen molar-refractivity contribution in [2.75, 3.05) is 30.8 Å². The largest absolute Gasteiger partial charge is 0.396 e. The van der Waals surface area contributed by atoms with Crippen LogP contribution in [0.4, 0.5) is 15.8 Å². The zero-order valence-electron chi connectivity index (χ0n) is 11.4. The molecule has 4 nitrogen and oxygen atoms in total. The zero-order valence-corrected chi connectivity index (χ0v) is 11.4. The molecule has 0 aromatic heterocycles. The summed E-state index contributed by atoms with van der Waals surface area (Å²) in [7, 11) is 1.82. The van der Waals surface area contributed by atoms with Crippen molar-refractivity contribution in [1.82, 2.24) is 4.90 Å². The number of nitrogens with zero attached hydrogens (tertiary/aromatic N) is 2. The van der Waals surface area contributed by atoms with Crippen LogP contribution < -0.4 is 10.6 Å². The molecule has 1 heterocycles. The number of likely N-dealkylation sites (N-methyl/N-ethyl adjacent to an activating group) is 1. The van der Waals surface area contributed by atoms with Crippen molar-refractivity contribution in [2.24, 2.45) is 0 Å². The second-order valence-corrected chi connectivity index (χ2v) is 5.08. The van der Waals surface area contributed by atoms with Gasteiger partial charge >= 0.3 is 0 Å². The van der Waals surface area contributed by atoms with Gasteiger partial charge < -0.3 is 15.5 Å². The fourth-order valence-corrected chi connectivity index (χ4v) is 2.48. The van der Waals surface area contributed by atoms with Crippen molar-refractivity contribution in [1.29, 1.82) is 0 Å². The fraction of sp³-hybridized carbons (Fsp3) is 0.500. The summed E-state index contributed by atoms with van der Waals surface area (Å²) >= 11 is 0. The van der Waals surface area contributed by atoms with E-state index < -0.39 is 0 Å². The Hall–Kier alpha value is -1.78. The van der Waals surface area contributed by atoms with Crippen molar-refractivity contribution < 1.29 is 9.18 Å². The molecule has 1 aromatic rings. The highest BCUT2D eigenvalue weighted by Crippen LogP contribution is 2.24. The Balaban J connectivity index is 2.12. The van der Waals surface area contributed by atoms with E-state index in [1.165, 1.54) is 6.07 Å². The van der Waals surface area contributed by atoms with E-state index in [9.17, 15) is 9.18 Å². The Morgan fingerprint density at radius 3 is 2.89 bits per heavy atom. The lowest BCUT2D eigenvalue weighted by Crippen LogP contribution is -2.48. The minimum absolute atomic E-state index is 0.0651. The highest BCUT2D eigenvalue weighted by Gasteiger charge is 2.24. The highest BCUT2D eigenvalue weighted by molar-refractivity contribution is 5.73. The summed E-state index contributed by atoms with van der Waals surface area (Å²) < 4.78 is 13.5. The Morgan fingerprint density at radius 2 is 2.26 bits per heavy atom. The molecule has 1 fully saturated rings. The van der Waals surface area contributed by atoms with E-state index in [4.69, 9.17) is 5.73 Å². The predicted octanol–water partition coefficient (Wildman–Crippen LogP) is 1.85. The third-order valence-electron chi connectivity index (χ3n) is 3.79. The average Bonchev–Trinajstić information content (AvgIpc) is 2.41. The zero-order chi connectivity index (χ0) is 14.0. The van der Waals surface area contributed by atoms with Crippen LogP contribution in [0.3, 0.4) is 0 Å². The molecule has 1 saturated heterocycles. The van der Waals surface area contributed by atoms with Gasteiger partial charge in [0, 0.05) is 38.8 Å². The molecule has 1 aliphatic heterocycles. The van der Waals surface area contributed by atoms with Crippen molar-refractivity contribution in [3.8, 4) is 0 Å². The summed E-state index contributed by atoms with van der Waals surface area (Å²) in [5.74, 6) is -0.324. The molecule has 19 heavy (non-hydrogen) atoms. The standard InChI is InChI=1S/C14H20FN3O/c1-10(19)17(2)12-4-3-7-18(9-12)11-5-6-14(16)13(15)8-11/h5-6,8,12H,3-4,7,9,16H2,1-2H3. The lowest BCUT2D eigenvalue weighted by atomic mass is 10.0. The Morgan fingerprint density at radius 1 is 1.53 bits per heavy atom. The summed E-state index contributed by atoms with van der Waals surface area (Å²) in [6.07, 6.45) is 1.98. The molecule has 0 radical (unpaired) electrons. The van der Waals surface area contributed by atoms with Gasteiger partial charge in [0.15, 0.2) is 0 Å². The normalized spacial score (nSPS) is 19.3. The number of nitrogen functional groups attached to an aromatic ring is 1. The quantitative estimate of drug-likeness (QED) is 0.830. The monoisotopic (exact) mass is 265 g/mol. The minimum atomic E-state index is -0.389. The Kier molecular flexibility index (Phi) is 3.93. The van der Waals surface area contributed by atoms with E-state index in [1.54, 1.807) is 17.9 Å². The van der Waals surface area contributed by atoms with Crippen molar-refractivity contribution in [3.63, 3.8) is 0 Å². The number of rotatable bonds is 2. The van der Waals surface area contributed by atoms with Crippen molar-refractivity contribution in [2.45, 2.75) is 25.8 Å². The first-order valence-corrected chi connectivity index (χ1v) is 6.52. The number of piperidine rings is 1. The molecule has 1 atom stereocenters. The van der Waals surface area contributed by atoms with Gasteiger partial charge in [-0.15, -0.1) is 0 Å². The maximum Gasteiger partial charge on any atom is 0.219 e. The van der Waals surface area contributed by atoms with E-state index in [2.05, 4.69) is 4.90 Å². The van der Waals surface area contributed by atoms with Gasteiger partial charge in [0.2, 0.25) is 5.91 Å². The molecule has 1 aromatic carbocycles. The molecule has 0 bridgehead atoms. The van der Waals surface area contributed by atoms with E-state index in [1.807, 2.05) is 13.1 Å². The lowest BCUT2D eigenvalue weighted by molar-refractivity contribution is -0.129. The number of nitrogens with two attached hydrogens (primary N) is 1. The molecule has 5 heteroatoms. The first-order valence-electron chi connectivity index (χ1n) is 6.52. The van der Waals surface area contributed by atoms with Gasteiger partial charge in [-0.3, -0.25) is 4.79 Å². The van der Waals surface area contributed by atoms with Gasteiger partial charge in [-0.2, -0.15) is 0 Å². The maximum atomic E-state index is 13.5.